The molecule has 4 heteroatoms. The van der Waals surface area contributed by atoms with Gasteiger partial charge in [-0.1, -0.05) is 0 Å². The Hall–Kier alpha value is -1.00. The van der Waals surface area contributed by atoms with Gasteiger partial charge in [0.2, 0.25) is 0 Å². The summed E-state index contributed by atoms with van der Waals surface area (Å²) in [5.41, 5.74) is 0.520. The molecule has 1 aliphatic rings. The van der Waals surface area contributed by atoms with E-state index in [0.29, 0.717) is 12.3 Å². The lowest BCUT2D eigenvalue weighted by Crippen LogP contribution is -2.24. The Labute approximate surface area is 87.9 Å². The van der Waals surface area contributed by atoms with Gasteiger partial charge in [-0.3, -0.25) is 4.98 Å². The second-order valence-electron chi connectivity index (χ2n) is 3.82. The topological polar surface area (TPSA) is 42.4 Å². The maximum Gasteiger partial charge on any atom is 0.141 e. The van der Waals surface area contributed by atoms with E-state index >= 15 is 0 Å². The van der Waals surface area contributed by atoms with Crippen LogP contribution in [0.4, 0.5) is 4.39 Å². The zero-order valence-corrected chi connectivity index (χ0v) is 8.40. The van der Waals surface area contributed by atoms with Crippen LogP contribution in [0.2, 0.25) is 0 Å². The van der Waals surface area contributed by atoms with Crippen LogP contribution in [0.25, 0.3) is 0 Å². The summed E-state index contributed by atoms with van der Waals surface area (Å²) in [5.74, 6) is -0.303. The van der Waals surface area contributed by atoms with E-state index in [1.165, 1.54) is 12.1 Å². The van der Waals surface area contributed by atoms with Crippen LogP contribution in [0, 0.1) is 11.7 Å². The molecule has 1 aromatic heterocycles. The van der Waals surface area contributed by atoms with Crippen LogP contribution in [0.15, 0.2) is 18.3 Å². The van der Waals surface area contributed by atoms with Crippen molar-refractivity contribution in [2.75, 3.05) is 13.2 Å². The fourth-order valence-electron chi connectivity index (χ4n) is 1.82. The summed E-state index contributed by atoms with van der Waals surface area (Å²) < 4.78 is 17.9. The lowest BCUT2D eigenvalue weighted by atomic mass is 9.94. The molecule has 1 aromatic rings. The van der Waals surface area contributed by atoms with Gasteiger partial charge in [0, 0.05) is 12.5 Å². The molecule has 0 saturated carbocycles. The molecule has 0 bridgehead atoms. The molecule has 82 valence electrons. The van der Waals surface area contributed by atoms with Gasteiger partial charge in [0.05, 0.1) is 18.5 Å². The lowest BCUT2D eigenvalue weighted by Gasteiger charge is -2.26. The average Bonchev–Trinajstić information content (AvgIpc) is 2.30. The molecule has 0 aromatic carbocycles. The highest BCUT2D eigenvalue weighted by Gasteiger charge is 2.24. The second-order valence-corrected chi connectivity index (χ2v) is 3.82. The van der Waals surface area contributed by atoms with E-state index in [9.17, 15) is 9.50 Å². The van der Waals surface area contributed by atoms with Crippen molar-refractivity contribution >= 4 is 0 Å². The first kappa shape index (κ1) is 10.5. The van der Waals surface area contributed by atoms with Crippen LogP contribution in [0.1, 0.15) is 24.6 Å². The van der Waals surface area contributed by atoms with Gasteiger partial charge in [-0.05, 0) is 25.0 Å². The number of nitrogens with zero attached hydrogens (tertiary/aromatic N) is 1. The molecule has 1 N–H and O–H groups in total. The Morgan fingerprint density at radius 1 is 1.53 bits per heavy atom. The Bertz CT molecular complexity index is 309. The first-order valence-electron chi connectivity index (χ1n) is 5.14. The fourth-order valence-corrected chi connectivity index (χ4v) is 1.82. The van der Waals surface area contributed by atoms with E-state index in [1.807, 2.05) is 0 Å². The van der Waals surface area contributed by atoms with Crippen molar-refractivity contribution in [3.05, 3.63) is 29.8 Å². The molecule has 3 nitrogen and oxygen atoms in total. The summed E-state index contributed by atoms with van der Waals surface area (Å²) in [6, 6.07) is 2.84. The van der Waals surface area contributed by atoms with Gasteiger partial charge in [-0.25, -0.2) is 4.39 Å². The first-order chi connectivity index (χ1) is 7.27. The van der Waals surface area contributed by atoms with Gasteiger partial charge in [-0.15, -0.1) is 0 Å². The van der Waals surface area contributed by atoms with Crippen molar-refractivity contribution in [1.82, 2.24) is 4.98 Å². The normalized spacial score (nSPS) is 23.7. The summed E-state index contributed by atoms with van der Waals surface area (Å²) in [6.07, 6.45) is 2.37. The molecule has 2 heterocycles. The quantitative estimate of drug-likeness (QED) is 0.809. The third-order valence-corrected chi connectivity index (χ3v) is 2.70. The number of aromatic nitrogens is 1. The minimum atomic E-state index is -0.647. The highest BCUT2D eigenvalue weighted by Crippen LogP contribution is 2.27. The number of ether oxygens (including phenoxy) is 1. The molecule has 2 rings (SSSR count). The van der Waals surface area contributed by atoms with Crippen LogP contribution >= 0.6 is 0 Å². The van der Waals surface area contributed by atoms with Gasteiger partial charge in [0.25, 0.3) is 0 Å². The smallest absolute Gasteiger partial charge is 0.141 e. The second kappa shape index (κ2) is 4.68. The summed E-state index contributed by atoms with van der Waals surface area (Å²) in [5, 5.41) is 9.97. The molecule has 2 atom stereocenters. The van der Waals surface area contributed by atoms with Crippen molar-refractivity contribution in [1.29, 1.82) is 0 Å². The summed E-state index contributed by atoms with van der Waals surface area (Å²) in [7, 11) is 0. The molecule has 0 amide bonds. The molecule has 0 radical (unpaired) electrons. The van der Waals surface area contributed by atoms with Crippen LogP contribution < -0.4 is 0 Å². The molecular weight excluding hydrogens is 197 g/mol. The predicted octanol–water partition coefficient (Wildman–Crippen LogP) is 1.68. The fraction of sp³-hybridized carbons (Fsp3) is 0.545. The van der Waals surface area contributed by atoms with Crippen LogP contribution in [0.5, 0.6) is 0 Å². The van der Waals surface area contributed by atoms with Crippen molar-refractivity contribution in [3.63, 3.8) is 0 Å². The number of rotatable bonds is 2. The van der Waals surface area contributed by atoms with Gasteiger partial charge < -0.3 is 9.84 Å². The number of halogens is 1. The van der Waals surface area contributed by atoms with Crippen molar-refractivity contribution in [2.45, 2.75) is 18.9 Å². The van der Waals surface area contributed by atoms with E-state index < -0.39 is 6.10 Å². The summed E-state index contributed by atoms with van der Waals surface area (Å²) in [6.45, 7) is 1.32. The first-order valence-corrected chi connectivity index (χ1v) is 5.14. The van der Waals surface area contributed by atoms with E-state index in [2.05, 4.69) is 4.98 Å². The maximum atomic E-state index is 12.6. The minimum Gasteiger partial charge on any atom is -0.386 e. The Morgan fingerprint density at radius 3 is 3.00 bits per heavy atom. The maximum absolute atomic E-state index is 12.6. The Kier molecular flexibility index (Phi) is 3.28. The molecule has 1 fully saturated rings. The van der Waals surface area contributed by atoms with Crippen molar-refractivity contribution < 1.29 is 14.2 Å². The monoisotopic (exact) mass is 211 g/mol. The molecule has 2 unspecified atom stereocenters. The zero-order valence-electron chi connectivity index (χ0n) is 8.40. The van der Waals surface area contributed by atoms with E-state index in [-0.39, 0.29) is 11.7 Å². The summed E-state index contributed by atoms with van der Waals surface area (Å²) in [4.78, 5) is 3.87. The number of hydrogen-bond donors (Lipinski definition) is 1. The molecule has 0 aliphatic carbocycles. The number of aliphatic hydroxyl groups is 1. The van der Waals surface area contributed by atoms with Gasteiger partial charge in [-0.2, -0.15) is 0 Å². The average molecular weight is 211 g/mol. The van der Waals surface area contributed by atoms with Crippen LogP contribution in [0.3, 0.4) is 0 Å². The number of pyridine rings is 1. The predicted molar refractivity (Wildman–Crippen MR) is 52.7 cm³/mol. The SMILES string of the molecule is OC(c1ccc(F)cn1)C1CCCOC1. The summed E-state index contributed by atoms with van der Waals surface area (Å²) >= 11 is 0. The lowest BCUT2D eigenvalue weighted by molar-refractivity contribution is -0.0116. The Balaban J connectivity index is 2.05. The Morgan fingerprint density at radius 2 is 2.40 bits per heavy atom. The van der Waals surface area contributed by atoms with E-state index in [1.54, 1.807) is 0 Å². The standard InChI is InChI=1S/C11H14FNO2/c12-9-3-4-10(13-6-9)11(14)8-2-1-5-15-7-8/h3-4,6,8,11,14H,1-2,5,7H2. The molecule has 0 spiro atoms. The molecule has 15 heavy (non-hydrogen) atoms. The van der Waals surface area contributed by atoms with E-state index in [4.69, 9.17) is 4.74 Å². The van der Waals surface area contributed by atoms with Crippen molar-refractivity contribution in [2.24, 2.45) is 5.92 Å². The highest BCUT2D eigenvalue weighted by atomic mass is 19.1. The zero-order chi connectivity index (χ0) is 10.7. The van der Waals surface area contributed by atoms with Crippen LogP contribution in [-0.2, 0) is 4.74 Å². The molecule has 1 aliphatic heterocycles. The van der Waals surface area contributed by atoms with Gasteiger partial charge in [0.15, 0.2) is 0 Å². The third-order valence-electron chi connectivity index (χ3n) is 2.70. The van der Waals surface area contributed by atoms with E-state index in [0.717, 1.165) is 25.6 Å². The minimum absolute atomic E-state index is 0.0803. The van der Waals surface area contributed by atoms with Crippen molar-refractivity contribution in [3.8, 4) is 0 Å². The third kappa shape index (κ3) is 2.52. The molecule has 1 saturated heterocycles. The highest BCUT2D eigenvalue weighted by molar-refractivity contribution is 5.09. The largest absolute Gasteiger partial charge is 0.386 e. The molecular formula is C11H14FNO2. The van der Waals surface area contributed by atoms with Gasteiger partial charge in [0.1, 0.15) is 11.9 Å². The number of hydrogen-bond acceptors (Lipinski definition) is 3. The van der Waals surface area contributed by atoms with Gasteiger partial charge >= 0.3 is 0 Å². The van der Waals surface area contributed by atoms with Crippen LogP contribution in [-0.4, -0.2) is 23.3 Å². The number of aliphatic hydroxyl groups excluding tert-OH is 1.